The van der Waals surface area contributed by atoms with E-state index in [0.717, 1.165) is 16.7 Å². The lowest BCUT2D eigenvalue weighted by Crippen LogP contribution is -2.05. The van der Waals surface area contributed by atoms with Gasteiger partial charge in [-0.3, -0.25) is 4.79 Å². The molecule has 0 N–H and O–H groups in total. The number of aromatic nitrogens is 2. The number of alkyl halides is 2. The number of nitrogens with zero attached hydrogens (tertiary/aromatic N) is 2. The summed E-state index contributed by atoms with van der Waals surface area (Å²) < 4.78 is 28.5. The molecule has 25 heavy (non-hydrogen) atoms. The van der Waals surface area contributed by atoms with Crippen LogP contribution in [0.3, 0.4) is 0 Å². The molecular weight excluding hydrogens is 346 g/mol. The summed E-state index contributed by atoms with van der Waals surface area (Å²) in [5.41, 5.74) is 2.78. The summed E-state index contributed by atoms with van der Waals surface area (Å²) in [6, 6.07) is 13.2. The number of hydrogen-bond donors (Lipinski definition) is 0. The van der Waals surface area contributed by atoms with E-state index in [0.29, 0.717) is 10.6 Å². The zero-order chi connectivity index (χ0) is 17.8. The van der Waals surface area contributed by atoms with Crippen molar-refractivity contribution < 1.29 is 18.3 Å². The quantitative estimate of drug-likeness (QED) is 0.478. The van der Waals surface area contributed by atoms with Gasteiger partial charge >= 0.3 is 6.61 Å². The third kappa shape index (κ3) is 4.30. The van der Waals surface area contributed by atoms with Gasteiger partial charge in [0, 0.05) is 5.56 Å². The van der Waals surface area contributed by atoms with Gasteiger partial charge in [-0.25, -0.2) is 9.97 Å². The summed E-state index contributed by atoms with van der Waals surface area (Å²) in [6.45, 7) is -1.03. The number of ketones is 1. The van der Waals surface area contributed by atoms with Crippen LogP contribution in [0.5, 0.6) is 5.75 Å². The Balaban J connectivity index is 1.68. The smallest absolute Gasteiger partial charge is 0.387 e. The van der Waals surface area contributed by atoms with Crippen molar-refractivity contribution in [1.82, 2.24) is 9.97 Å². The standard InChI is InChI=1S/C18H14F2N2O2S/c1-11-17(22-15-5-3-2-4-14(15)21-11)25-10-16(23)12-6-8-13(9-7-12)24-18(19)20/h2-9,18H,10H2,1H3. The fourth-order valence-corrected chi connectivity index (χ4v) is 3.10. The average molecular weight is 360 g/mol. The van der Waals surface area contributed by atoms with Crippen LogP contribution in [0.15, 0.2) is 53.6 Å². The van der Waals surface area contributed by atoms with Crippen molar-refractivity contribution in [3.63, 3.8) is 0 Å². The maximum Gasteiger partial charge on any atom is 0.387 e. The van der Waals surface area contributed by atoms with Gasteiger partial charge in [0.1, 0.15) is 10.8 Å². The number of carbonyl (C=O) groups excluding carboxylic acids is 1. The summed E-state index contributed by atoms with van der Waals surface area (Å²) in [5, 5.41) is 0.699. The molecule has 3 rings (SSSR count). The topological polar surface area (TPSA) is 52.1 Å². The highest BCUT2D eigenvalue weighted by Crippen LogP contribution is 2.23. The third-order valence-electron chi connectivity index (χ3n) is 3.44. The Morgan fingerprint density at radius 3 is 2.36 bits per heavy atom. The SMILES string of the molecule is Cc1nc2ccccc2nc1SCC(=O)c1ccc(OC(F)F)cc1. The number of ether oxygens (including phenoxy) is 1. The molecule has 0 bridgehead atoms. The lowest BCUT2D eigenvalue weighted by Gasteiger charge is -2.07. The number of thioether (sulfide) groups is 1. The molecule has 2 aromatic carbocycles. The molecule has 1 heterocycles. The van der Waals surface area contributed by atoms with Crippen LogP contribution in [0.1, 0.15) is 16.1 Å². The second-order valence-corrected chi connectivity index (χ2v) is 6.18. The summed E-state index contributed by atoms with van der Waals surface area (Å²) in [7, 11) is 0. The van der Waals surface area contributed by atoms with Crippen LogP contribution in [0, 0.1) is 6.92 Å². The molecule has 0 aliphatic carbocycles. The Labute approximate surface area is 147 Å². The van der Waals surface area contributed by atoms with Crippen molar-refractivity contribution in [2.45, 2.75) is 18.6 Å². The fourth-order valence-electron chi connectivity index (χ4n) is 2.25. The van der Waals surface area contributed by atoms with E-state index in [4.69, 9.17) is 0 Å². The van der Waals surface area contributed by atoms with Crippen LogP contribution in [-0.2, 0) is 0 Å². The molecule has 0 radical (unpaired) electrons. The van der Waals surface area contributed by atoms with Crippen molar-refractivity contribution in [2.75, 3.05) is 5.75 Å². The zero-order valence-corrected chi connectivity index (χ0v) is 14.1. The van der Waals surface area contributed by atoms with Crippen molar-refractivity contribution in [1.29, 1.82) is 0 Å². The Hall–Kier alpha value is -2.54. The normalized spacial score (nSPS) is 11.0. The minimum absolute atomic E-state index is 0.0236. The fraction of sp³-hybridized carbons (Fsp3) is 0.167. The molecule has 0 saturated heterocycles. The van der Waals surface area contributed by atoms with E-state index in [-0.39, 0.29) is 17.3 Å². The van der Waals surface area contributed by atoms with Crippen molar-refractivity contribution in [3.8, 4) is 5.75 Å². The van der Waals surface area contributed by atoms with E-state index in [1.54, 1.807) is 0 Å². The van der Waals surface area contributed by atoms with E-state index < -0.39 is 6.61 Å². The largest absolute Gasteiger partial charge is 0.435 e. The Kier molecular flexibility index (Phi) is 5.23. The average Bonchev–Trinajstić information content (AvgIpc) is 2.59. The van der Waals surface area contributed by atoms with E-state index in [9.17, 15) is 13.6 Å². The molecule has 0 saturated carbocycles. The Morgan fingerprint density at radius 2 is 1.72 bits per heavy atom. The van der Waals surface area contributed by atoms with Crippen LogP contribution in [0.25, 0.3) is 11.0 Å². The van der Waals surface area contributed by atoms with Crippen LogP contribution in [0.4, 0.5) is 8.78 Å². The first-order chi connectivity index (χ1) is 12.0. The number of hydrogen-bond acceptors (Lipinski definition) is 5. The minimum Gasteiger partial charge on any atom is -0.435 e. The lowest BCUT2D eigenvalue weighted by molar-refractivity contribution is -0.0498. The van der Waals surface area contributed by atoms with E-state index >= 15 is 0 Å². The molecule has 0 amide bonds. The minimum atomic E-state index is -2.88. The maximum atomic E-state index is 12.3. The van der Waals surface area contributed by atoms with Gasteiger partial charge < -0.3 is 4.74 Å². The number of para-hydroxylation sites is 2. The van der Waals surface area contributed by atoms with E-state index in [2.05, 4.69) is 14.7 Å². The highest BCUT2D eigenvalue weighted by molar-refractivity contribution is 8.00. The summed E-state index contributed by atoms with van der Waals surface area (Å²) >= 11 is 1.31. The predicted molar refractivity (Wildman–Crippen MR) is 92.4 cm³/mol. The Morgan fingerprint density at radius 1 is 1.08 bits per heavy atom. The molecule has 1 aromatic heterocycles. The number of fused-ring (bicyclic) bond motifs is 1. The second-order valence-electron chi connectivity index (χ2n) is 5.22. The molecule has 0 spiro atoms. The molecule has 0 aliphatic heterocycles. The van der Waals surface area contributed by atoms with Gasteiger partial charge in [-0.1, -0.05) is 23.9 Å². The van der Waals surface area contributed by atoms with Gasteiger partial charge in [0.15, 0.2) is 5.78 Å². The van der Waals surface area contributed by atoms with Gasteiger partial charge in [-0.05, 0) is 43.3 Å². The van der Waals surface area contributed by atoms with Gasteiger partial charge in [0.25, 0.3) is 0 Å². The summed E-state index contributed by atoms with van der Waals surface area (Å²) in [4.78, 5) is 21.3. The van der Waals surface area contributed by atoms with Crippen molar-refractivity contribution in [3.05, 3.63) is 59.8 Å². The molecule has 0 aliphatic rings. The number of aryl methyl sites for hydroxylation is 1. The maximum absolute atomic E-state index is 12.3. The van der Waals surface area contributed by atoms with Gasteiger partial charge in [-0.2, -0.15) is 8.78 Å². The second kappa shape index (κ2) is 7.57. The van der Waals surface area contributed by atoms with Crippen molar-refractivity contribution in [2.24, 2.45) is 0 Å². The van der Waals surface area contributed by atoms with Gasteiger partial charge in [0.2, 0.25) is 0 Å². The molecule has 3 aromatic rings. The first-order valence-electron chi connectivity index (χ1n) is 7.47. The molecule has 0 atom stereocenters. The summed E-state index contributed by atoms with van der Waals surface area (Å²) in [6.07, 6.45) is 0. The Bertz CT molecular complexity index is 901. The first-order valence-corrected chi connectivity index (χ1v) is 8.46. The van der Waals surface area contributed by atoms with E-state index in [1.807, 2.05) is 31.2 Å². The third-order valence-corrected chi connectivity index (χ3v) is 4.51. The predicted octanol–water partition coefficient (Wildman–Crippen LogP) is 4.51. The van der Waals surface area contributed by atoms with Gasteiger partial charge in [-0.15, -0.1) is 0 Å². The lowest BCUT2D eigenvalue weighted by atomic mass is 10.1. The molecule has 128 valence electrons. The first kappa shape index (κ1) is 17.3. The molecule has 0 fully saturated rings. The number of Topliss-reactive ketones (excluding diaryl/α,β-unsaturated/α-hetero) is 1. The van der Waals surface area contributed by atoms with Crippen LogP contribution < -0.4 is 4.74 Å². The zero-order valence-electron chi connectivity index (χ0n) is 13.3. The number of halogens is 2. The van der Waals surface area contributed by atoms with Crippen LogP contribution in [0.2, 0.25) is 0 Å². The molecule has 7 heteroatoms. The van der Waals surface area contributed by atoms with Gasteiger partial charge in [0.05, 0.1) is 22.5 Å². The monoisotopic (exact) mass is 360 g/mol. The van der Waals surface area contributed by atoms with Crippen LogP contribution in [-0.4, -0.2) is 28.1 Å². The number of carbonyl (C=O) groups is 1. The van der Waals surface area contributed by atoms with Crippen molar-refractivity contribution >= 4 is 28.6 Å². The van der Waals surface area contributed by atoms with E-state index in [1.165, 1.54) is 36.0 Å². The molecule has 4 nitrogen and oxygen atoms in total. The number of benzene rings is 2. The van der Waals surface area contributed by atoms with Crippen LogP contribution >= 0.6 is 11.8 Å². The molecular formula is C18H14F2N2O2S. The highest BCUT2D eigenvalue weighted by atomic mass is 32.2. The molecule has 0 unspecified atom stereocenters. The number of rotatable bonds is 6. The highest BCUT2D eigenvalue weighted by Gasteiger charge is 2.11. The summed E-state index contributed by atoms with van der Waals surface area (Å²) in [5.74, 6) is 0.0847.